The first-order valence-corrected chi connectivity index (χ1v) is 17.0. The second-order valence-electron chi connectivity index (χ2n) is 13.1. The average Bonchev–Trinajstić information content (AvgIpc) is 3.73. The standard InChI is InChI=1S/C47H27N3.Pt/c1-2-14-33-30(13-1)27-32(29-38(33)42-20-11-12-26-48-42)47(40-18-6-3-15-35(40)36-16-4-7-19-41(36)47)31-24-25-34-37-17-5-9-22-44(37)50-45-23-10-8-21-43(45)49-46(50)39(34)28-31;/h1-27H;/q-2;+2. The molecular weight excluding hydrogens is 802 g/mol. The maximum atomic E-state index is 5.26. The molecule has 0 bridgehead atoms. The molecule has 1 aliphatic rings. The van der Waals surface area contributed by atoms with Crippen LogP contribution in [0.3, 0.4) is 0 Å². The van der Waals surface area contributed by atoms with Gasteiger partial charge in [0.1, 0.15) is 0 Å². The number of hydrogen-bond acceptors (Lipinski definition) is 2. The number of fused-ring (bicyclic) bond motifs is 12. The number of rotatable bonds is 3. The van der Waals surface area contributed by atoms with E-state index < -0.39 is 5.41 Å². The molecule has 1 aliphatic carbocycles. The third kappa shape index (κ3) is 4.10. The topological polar surface area (TPSA) is 30.2 Å². The molecule has 0 aliphatic heterocycles. The van der Waals surface area contributed by atoms with Gasteiger partial charge in [-0.2, -0.15) is 0 Å². The molecule has 0 saturated carbocycles. The molecule has 3 nitrogen and oxygen atoms in total. The largest absolute Gasteiger partial charge is 2.00 e. The summed E-state index contributed by atoms with van der Waals surface area (Å²) < 4.78 is 2.30. The van der Waals surface area contributed by atoms with Gasteiger partial charge in [0.05, 0.1) is 16.7 Å². The Bertz CT molecular complexity index is 2950. The normalized spacial score (nSPS) is 13.1. The van der Waals surface area contributed by atoms with Gasteiger partial charge < -0.3 is 9.38 Å². The quantitative estimate of drug-likeness (QED) is 0.131. The van der Waals surface area contributed by atoms with Crippen LogP contribution < -0.4 is 0 Å². The minimum atomic E-state index is -0.705. The van der Waals surface area contributed by atoms with Crippen LogP contribution in [-0.4, -0.2) is 14.4 Å². The van der Waals surface area contributed by atoms with Gasteiger partial charge in [-0.05, 0) is 57.6 Å². The molecule has 11 rings (SSSR count). The smallest absolute Gasteiger partial charge is 0.333 e. The van der Waals surface area contributed by atoms with E-state index in [1.54, 1.807) is 0 Å². The van der Waals surface area contributed by atoms with Crippen molar-refractivity contribution in [1.82, 2.24) is 14.4 Å². The monoisotopic (exact) mass is 828 g/mol. The molecule has 0 saturated heterocycles. The number of benzene rings is 7. The van der Waals surface area contributed by atoms with E-state index in [-0.39, 0.29) is 21.1 Å². The average molecular weight is 829 g/mol. The molecule has 4 heteroatoms. The maximum absolute atomic E-state index is 5.26. The van der Waals surface area contributed by atoms with Crippen LogP contribution in [0, 0.1) is 12.1 Å². The van der Waals surface area contributed by atoms with Gasteiger partial charge in [0.15, 0.2) is 0 Å². The zero-order valence-corrected chi connectivity index (χ0v) is 29.5. The van der Waals surface area contributed by atoms with Gasteiger partial charge in [-0.3, -0.25) is 4.98 Å². The molecule has 10 aromatic rings. The molecule has 0 fully saturated rings. The summed E-state index contributed by atoms with van der Waals surface area (Å²) in [6.07, 6.45) is 1.86. The summed E-state index contributed by atoms with van der Waals surface area (Å²) in [6.45, 7) is 0. The van der Waals surface area contributed by atoms with Crippen LogP contribution in [0.5, 0.6) is 0 Å². The third-order valence-electron chi connectivity index (χ3n) is 10.6. The Morgan fingerprint density at radius 3 is 1.98 bits per heavy atom. The summed E-state index contributed by atoms with van der Waals surface area (Å²) in [6, 6.07) is 64.4. The Kier molecular flexibility index (Phi) is 6.65. The number of hydrogen-bond donors (Lipinski definition) is 0. The Hall–Kier alpha value is -5.89. The van der Waals surface area contributed by atoms with Crippen molar-refractivity contribution in [1.29, 1.82) is 0 Å². The Morgan fingerprint density at radius 2 is 1.20 bits per heavy atom. The van der Waals surface area contributed by atoms with Crippen molar-refractivity contribution in [2.75, 3.05) is 0 Å². The van der Waals surface area contributed by atoms with Crippen LogP contribution in [0.25, 0.3) is 71.5 Å². The predicted octanol–water partition coefficient (Wildman–Crippen LogP) is 11.0. The van der Waals surface area contributed by atoms with Crippen LogP contribution in [-0.2, 0) is 26.5 Å². The molecule has 0 atom stereocenters. The minimum absolute atomic E-state index is 0. The van der Waals surface area contributed by atoms with E-state index in [0.717, 1.165) is 66.1 Å². The molecule has 0 amide bonds. The number of para-hydroxylation sites is 3. The first-order valence-electron chi connectivity index (χ1n) is 17.0. The third-order valence-corrected chi connectivity index (χ3v) is 10.6. The van der Waals surface area contributed by atoms with Crippen molar-refractivity contribution in [3.8, 4) is 22.4 Å². The van der Waals surface area contributed by atoms with Crippen LogP contribution in [0.4, 0.5) is 0 Å². The Balaban J connectivity index is 0.00000327. The van der Waals surface area contributed by atoms with Gasteiger partial charge in [0.25, 0.3) is 0 Å². The maximum Gasteiger partial charge on any atom is 2.00 e. The van der Waals surface area contributed by atoms with Gasteiger partial charge in [-0.25, -0.2) is 0 Å². The van der Waals surface area contributed by atoms with Gasteiger partial charge in [-0.15, -0.1) is 52.4 Å². The minimum Gasteiger partial charge on any atom is -0.333 e. The van der Waals surface area contributed by atoms with Crippen LogP contribution in [0.2, 0.25) is 0 Å². The molecule has 51 heavy (non-hydrogen) atoms. The van der Waals surface area contributed by atoms with Gasteiger partial charge in [-0.1, -0.05) is 131 Å². The van der Waals surface area contributed by atoms with Gasteiger partial charge in [0.2, 0.25) is 0 Å². The molecular formula is C47H27N3Pt. The summed E-state index contributed by atoms with van der Waals surface area (Å²) in [4.78, 5) is 10.1. The molecule has 3 aromatic heterocycles. The second kappa shape index (κ2) is 11.3. The molecule has 240 valence electrons. The number of aromatic nitrogens is 3. The summed E-state index contributed by atoms with van der Waals surface area (Å²) in [5.74, 6) is 0. The molecule has 7 aromatic carbocycles. The van der Waals surface area contributed by atoms with E-state index in [0.29, 0.717) is 0 Å². The van der Waals surface area contributed by atoms with Crippen molar-refractivity contribution in [2.45, 2.75) is 5.41 Å². The van der Waals surface area contributed by atoms with E-state index >= 15 is 0 Å². The van der Waals surface area contributed by atoms with E-state index in [2.05, 4.69) is 168 Å². The number of imidazole rings is 1. The Morgan fingerprint density at radius 1 is 0.529 bits per heavy atom. The van der Waals surface area contributed by atoms with Crippen LogP contribution >= 0.6 is 0 Å². The van der Waals surface area contributed by atoms with Crippen molar-refractivity contribution in [3.63, 3.8) is 0 Å². The summed E-state index contributed by atoms with van der Waals surface area (Å²) in [7, 11) is 0. The molecule has 0 N–H and O–H groups in total. The predicted molar refractivity (Wildman–Crippen MR) is 203 cm³/mol. The Labute approximate surface area is 309 Å². The van der Waals surface area contributed by atoms with E-state index in [1.165, 1.54) is 27.6 Å². The fraction of sp³-hybridized carbons (Fsp3) is 0.0213. The molecule has 0 unspecified atom stereocenters. The first-order chi connectivity index (χ1) is 24.8. The molecule has 3 heterocycles. The van der Waals surface area contributed by atoms with Crippen molar-refractivity contribution < 1.29 is 21.1 Å². The zero-order valence-electron chi connectivity index (χ0n) is 27.2. The van der Waals surface area contributed by atoms with Crippen LogP contribution in [0.1, 0.15) is 22.3 Å². The van der Waals surface area contributed by atoms with Gasteiger partial charge in [0, 0.05) is 17.1 Å². The first kappa shape index (κ1) is 30.0. The summed E-state index contributed by atoms with van der Waals surface area (Å²) >= 11 is 0. The number of pyridine rings is 2. The fourth-order valence-corrected chi connectivity index (χ4v) is 8.57. The van der Waals surface area contributed by atoms with Crippen LogP contribution in [0.15, 0.2) is 164 Å². The SMILES string of the molecule is [Pt+2].[c-]1c(C2(c3[c-]c4c(cc3)c3ccccc3n3c5ccccc5nc43)c3ccccc3-c3ccccc32)cc2ccccc2c1-c1ccccn1. The summed E-state index contributed by atoms with van der Waals surface area (Å²) in [5.41, 5.74) is 12.3. The van der Waals surface area contributed by atoms with Crippen molar-refractivity contribution in [2.24, 2.45) is 0 Å². The number of nitrogens with zero attached hydrogens (tertiary/aromatic N) is 3. The fourth-order valence-electron chi connectivity index (χ4n) is 8.57. The van der Waals surface area contributed by atoms with E-state index in [4.69, 9.17) is 9.97 Å². The van der Waals surface area contributed by atoms with E-state index in [9.17, 15) is 0 Å². The summed E-state index contributed by atoms with van der Waals surface area (Å²) in [5, 5.41) is 5.60. The van der Waals surface area contributed by atoms with Crippen molar-refractivity contribution >= 4 is 49.1 Å². The van der Waals surface area contributed by atoms with Crippen molar-refractivity contribution in [3.05, 3.63) is 198 Å². The van der Waals surface area contributed by atoms with Gasteiger partial charge >= 0.3 is 21.1 Å². The molecule has 0 spiro atoms. The zero-order chi connectivity index (χ0) is 32.8. The molecule has 0 radical (unpaired) electrons. The second-order valence-corrected chi connectivity index (χ2v) is 13.1. The van der Waals surface area contributed by atoms with E-state index in [1.807, 2.05) is 12.3 Å².